The van der Waals surface area contributed by atoms with Gasteiger partial charge in [-0.3, -0.25) is 9.78 Å². The highest BCUT2D eigenvalue weighted by molar-refractivity contribution is 6.03. The van der Waals surface area contributed by atoms with Gasteiger partial charge in [0.15, 0.2) is 0 Å². The third-order valence-corrected chi connectivity index (χ3v) is 4.34. The van der Waals surface area contributed by atoms with E-state index in [4.69, 9.17) is 4.52 Å². The van der Waals surface area contributed by atoms with E-state index in [0.29, 0.717) is 5.56 Å². The molecule has 0 aliphatic heterocycles. The highest BCUT2D eigenvalue weighted by atomic mass is 19.3. The van der Waals surface area contributed by atoms with Crippen LogP contribution in [0.1, 0.15) is 23.0 Å². The molecule has 6 nitrogen and oxygen atoms in total. The second-order valence-electron chi connectivity index (χ2n) is 6.61. The van der Waals surface area contributed by atoms with Crippen LogP contribution in [0, 0.1) is 0 Å². The Bertz CT molecular complexity index is 1170. The Hall–Kier alpha value is -3.94. The molecule has 2 aromatic heterocycles. The van der Waals surface area contributed by atoms with Gasteiger partial charge in [0.25, 0.3) is 17.7 Å². The van der Waals surface area contributed by atoms with Gasteiger partial charge in [0, 0.05) is 35.5 Å². The predicted molar refractivity (Wildman–Crippen MR) is 107 cm³/mol. The third kappa shape index (κ3) is 4.07. The number of nitrogens with zero attached hydrogens (tertiary/aromatic N) is 3. The number of pyridine rings is 1. The fraction of sp³-hybridized carbons (Fsp3) is 0.0909. The van der Waals surface area contributed by atoms with E-state index in [2.05, 4.69) is 20.4 Å². The summed E-state index contributed by atoms with van der Waals surface area (Å²) in [4.78, 5) is 20.5. The molecule has 0 radical (unpaired) electrons. The van der Waals surface area contributed by atoms with Crippen LogP contribution in [0.4, 0.5) is 14.5 Å². The van der Waals surface area contributed by atoms with Gasteiger partial charge in [-0.15, -0.1) is 0 Å². The normalized spacial score (nSPS) is 11.3. The van der Waals surface area contributed by atoms with E-state index in [-0.39, 0.29) is 34.2 Å². The van der Waals surface area contributed by atoms with Crippen LogP contribution in [0.15, 0.2) is 77.4 Å². The van der Waals surface area contributed by atoms with Gasteiger partial charge in [-0.1, -0.05) is 29.4 Å². The first-order valence-electron chi connectivity index (χ1n) is 9.06. The number of nitrogens with one attached hydrogen (secondary N) is 1. The van der Waals surface area contributed by atoms with Crippen molar-refractivity contribution < 1.29 is 18.1 Å². The first-order chi connectivity index (χ1) is 14.4. The Morgan fingerprint density at radius 2 is 1.80 bits per heavy atom. The minimum absolute atomic E-state index is 0.0352. The summed E-state index contributed by atoms with van der Waals surface area (Å²) >= 11 is 0. The van der Waals surface area contributed by atoms with Crippen LogP contribution in [0.5, 0.6) is 0 Å². The average molecular weight is 406 g/mol. The Morgan fingerprint density at radius 3 is 2.50 bits per heavy atom. The number of alkyl halides is 2. The quantitative estimate of drug-likeness (QED) is 0.495. The van der Waals surface area contributed by atoms with E-state index in [1.807, 2.05) is 18.2 Å². The standard InChI is InChI=1S/C22H16F2N4O2/c1-22(23,24)17-13-15(26-20(29)18-9-5-6-12-25-18)10-11-16(17)19-27-21(30-28-19)14-7-3-2-4-8-14/h2-13H,1H3,(H,26,29). The Morgan fingerprint density at radius 1 is 1.03 bits per heavy atom. The molecule has 0 spiro atoms. The number of benzene rings is 2. The van der Waals surface area contributed by atoms with Gasteiger partial charge in [0.2, 0.25) is 5.82 Å². The van der Waals surface area contributed by atoms with Crippen molar-refractivity contribution in [2.45, 2.75) is 12.8 Å². The number of rotatable bonds is 5. The summed E-state index contributed by atoms with van der Waals surface area (Å²) < 4.78 is 34.0. The molecule has 150 valence electrons. The van der Waals surface area contributed by atoms with Crippen molar-refractivity contribution in [3.8, 4) is 22.8 Å². The summed E-state index contributed by atoms with van der Waals surface area (Å²) in [5.41, 5.74) is 0.848. The lowest BCUT2D eigenvalue weighted by atomic mass is 10.0. The van der Waals surface area contributed by atoms with E-state index in [0.717, 1.165) is 6.92 Å². The zero-order valence-electron chi connectivity index (χ0n) is 15.8. The average Bonchev–Trinajstić information content (AvgIpc) is 3.24. The van der Waals surface area contributed by atoms with Crippen molar-refractivity contribution in [1.82, 2.24) is 15.1 Å². The maximum Gasteiger partial charge on any atom is 0.274 e. The van der Waals surface area contributed by atoms with Gasteiger partial charge < -0.3 is 9.84 Å². The van der Waals surface area contributed by atoms with E-state index in [9.17, 15) is 13.6 Å². The smallest absolute Gasteiger partial charge is 0.274 e. The summed E-state index contributed by atoms with van der Waals surface area (Å²) in [6.45, 7) is 0.772. The lowest BCUT2D eigenvalue weighted by molar-refractivity contribution is 0.0180. The van der Waals surface area contributed by atoms with Crippen LogP contribution >= 0.6 is 0 Å². The molecule has 2 heterocycles. The summed E-state index contributed by atoms with van der Waals surface area (Å²) in [6.07, 6.45) is 1.48. The van der Waals surface area contributed by atoms with Crippen LogP contribution in [0.3, 0.4) is 0 Å². The second-order valence-corrected chi connectivity index (χ2v) is 6.61. The zero-order chi connectivity index (χ0) is 21.1. The molecule has 2 aromatic carbocycles. The number of carbonyl (C=O) groups excluding carboxylic acids is 1. The molecule has 1 N–H and O–H groups in total. The molecule has 0 aliphatic rings. The van der Waals surface area contributed by atoms with Crippen LogP contribution in [-0.2, 0) is 5.92 Å². The number of halogens is 2. The van der Waals surface area contributed by atoms with E-state index < -0.39 is 11.8 Å². The molecule has 4 rings (SSSR count). The van der Waals surface area contributed by atoms with Crippen molar-refractivity contribution >= 4 is 11.6 Å². The molecular formula is C22H16F2N4O2. The monoisotopic (exact) mass is 406 g/mol. The molecule has 0 bridgehead atoms. The van der Waals surface area contributed by atoms with E-state index in [1.54, 1.807) is 24.3 Å². The van der Waals surface area contributed by atoms with Gasteiger partial charge in [-0.2, -0.15) is 4.98 Å². The van der Waals surface area contributed by atoms with Crippen molar-refractivity contribution in [3.63, 3.8) is 0 Å². The van der Waals surface area contributed by atoms with Crippen molar-refractivity contribution in [3.05, 3.63) is 84.2 Å². The van der Waals surface area contributed by atoms with Crippen molar-refractivity contribution in [2.24, 2.45) is 0 Å². The molecule has 0 saturated heterocycles. The molecule has 8 heteroatoms. The van der Waals surface area contributed by atoms with Crippen LogP contribution < -0.4 is 5.32 Å². The van der Waals surface area contributed by atoms with Gasteiger partial charge in [-0.05, 0) is 42.5 Å². The van der Waals surface area contributed by atoms with Crippen molar-refractivity contribution in [2.75, 3.05) is 5.32 Å². The van der Waals surface area contributed by atoms with Gasteiger partial charge in [0.1, 0.15) is 5.69 Å². The molecule has 0 saturated carbocycles. The minimum atomic E-state index is -3.20. The molecule has 1 amide bonds. The maximum atomic E-state index is 14.4. The lowest BCUT2D eigenvalue weighted by Gasteiger charge is -2.16. The summed E-state index contributed by atoms with van der Waals surface area (Å²) in [5, 5.41) is 6.44. The van der Waals surface area contributed by atoms with Gasteiger partial charge in [-0.25, -0.2) is 8.78 Å². The summed E-state index contributed by atoms with van der Waals surface area (Å²) in [6, 6.07) is 18.0. The van der Waals surface area contributed by atoms with Crippen LogP contribution in [-0.4, -0.2) is 21.0 Å². The van der Waals surface area contributed by atoms with Crippen LogP contribution in [0.25, 0.3) is 22.8 Å². The number of aromatic nitrogens is 3. The summed E-state index contributed by atoms with van der Waals surface area (Å²) in [5.74, 6) is -3.44. The SMILES string of the molecule is CC(F)(F)c1cc(NC(=O)c2ccccn2)ccc1-c1noc(-c2ccccc2)n1. The number of anilines is 1. The largest absolute Gasteiger partial charge is 0.334 e. The summed E-state index contributed by atoms with van der Waals surface area (Å²) in [7, 11) is 0. The first kappa shape index (κ1) is 19.4. The Kier molecular flexibility index (Phi) is 5.05. The number of hydrogen-bond acceptors (Lipinski definition) is 5. The molecular weight excluding hydrogens is 390 g/mol. The first-order valence-corrected chi connectivity index (χ1v) is 9.06. The fourth-order valence-electron chi connectivity index (χ4n) is 2.90. The lowest BCUT2D eigenvalue weighted by Crippen LogP contribution is -2.15. The predicted octanol–water partition coefficient (Wildman–Crippen LogP) is 5.16. The molecule has 0 unspecified atom stereocenters. The topological polar surface area (TPSA) is 80.9 Å². The molecule has 0 fully saturated rings. The van der Waals surface area contributed by atoms with E-state index in [1.165, 1.54) is 30.5 Å². The fourth-order valence-corrected chi connectivity index (χ4v) is 2.90. The minimum Gasteiger partial charge on any atom is -0.334 e. The number of hydrogen-bond donors (Lipinski definition) is 1. The zero-order valence-corrected chi connectivity index (χ0v) is 15.8. The molecule has 0 atom stereocenters. The van der Waals surface area contributed by atoms with Gasteiger partial charge in [0.05, 0.1) is 0 Å². The third-order valence-electron chi connectivity index (χ3n) is 4.34. The molecule has 0 aliphatic carbocycles. The Labute approximate surface area is 170 Å². The number of carbonyl (C=O) groups is 1. The number of amides is 1. The highest BCUT2D eigenvalue weighted by Gasteiger charge is 2.30. The highest BCUT2D eigenvalue weighted by Crippen LogP contribution is 2.37. The maximum absolute atomic E-state index is 14.4. The van der Waals surface area contributed by atoms with Crippen molar-refractivity contribution in [1.29, 1.82) is 0 Å². The molecule has 4 aromatic rings. The second kappa shape index (κ2) is 7.82. The Balaban J connectivity index is 1.68. The van der Waals surface area contributed by atoms with Gasteiger partial charge >= 0.3 is 0 Å². The molecule has 30 heavy (non-hydrogen) atoms. The van der Waals surface area contributed by atoms with Crippen LogP contribution in [0.2, 0.25) is 0 Å². The van der Waals surface area contributed by atoms with E-state index >= 15 is 0 Å².